The quantitative estimate of drug-likeness (QED) is 0.695. The summed E-state index contributed by atoms with van der Waals surface area (Å²) in [4.78, 5) is 0. The second-order valence-corrected chi connectivity index (χ2v) is 6.65. The maximum Gasteiger partial charge on any atom is 0.0685 e. The SMILES string of the molecule is CCCCCC(NCC)C1CCOC2(CCCC2)C1. The maximum absolute atomic E-state index is 6.18. The zero-order valence-corrected chi connectivity index (χ0v) is 13.0. The van der Waals surface area contributed by atoms with Crippen LogP contribution in [0.15, 0.2) is 0 Å². The van der Waals surface area contributed by atoms with E-state index >= 15 is 0 Å². The molecule has 0 bridgehead atoms. The van der Waals surface area contributed by atoms with Crippen LogP contribution in [0.4, 0.5) is 0 Å². The van der Waals surface area contributed by atoms with Gasteiger partial charge >= 0.3 is 0 Å². The highest BCUT2D eigenvalue weighted by atomic mass is 16.5. The van der Waals surface area contributed by atoms with Gasteiger partial charge in [0.25, 0.3) is 0 Å². The van der Waals surface area contributed by atoms with Crippen molar-refractivity contribution >= 4 is 0 Å². The molecular weight excluding hydrogens is 234 g/mol. The summed E-state index contributed by atoms with van der Waals surface area (Å²) < 4.78 is 6.18. The first-order valence-electron chi connectivity index (χ1n) is 8.67. The monoisotopic (exact) mass is 267 g/mol. The van der Waals surface area contributed by atoms with E-state index in [2.05, 4.69) is 19.2 Å². The van der Waals surface area contributed by atoms with E-state index in [9.17, 15) is 0 Å². The van der Waals surface area contributed by atoms with Gasteiger partial charge in [-0.1, -0.05) is 46.0 Å². The van der Waals surface area contributed by atoms with Crippen molar-refractivity contribution in [2.75, 3.05) is 13.2 Å². The summed E-state index contributed by atoms with van der Waals surface area (Å²) in [6, 6.07) is 0.734. The van der Waals surface area contributed by atoms with Crippen molar-refractivity contribution < 1.29 is 4.74 Å². The Morgan fingerprint density at radius 2 is 2.00 bits per heavy atom. The average molecular weight is 267 g/mol. The molecule has 0 aromatic heterocycles. The lowest BCUT2D eigenvalue weighted by atomic mass is 9.79. The molecule has 2 aliphatic rings. The predicted molar refractivity (Wildman–Crippen MR) is 81.5 cm³/mol. The van der Waals surface area contributed by atoms with Gasteiger partial charge in [-0.15, -0.1) is 0 Å². The maximum atomic E-state index is 6.18. The van der Waals surface area contributed by atoms with Gasteiger partial charge < -0.3 is 10.1 Å². The molecular formula is C17H33NO. The van der Waals surface area contributed by atoms with E-state index in [0.717, 1.165) is 25.1 Å². The third kappa shape index (κ3) is 4.19. The molecule has 0 amide bonds. The summed E-state index contributed by atoms with van der Waals surface area (Å²) in [6.45, 7) is 6.66. The van der Waals surface area contributed by atoms with Crippen LogP contribution in [0, 0.1) is 5.92 Å². The van der Waals surface area contributed by atoms with Gasteiger partial charge in [0, 0.05) is 12.6 Å². The van der Waals surface area contributed by atoms with Crippen LogP contribution in [0.25, 0.3) is 0 Å². The fourth-order valence-corrected chi connectivity index (χ4v) is 4.16. The fraction of sp³-hybridized carbons (Fsp3) is 1.00. The molecule has 1 spiro atoms. The van der Waals surface area contributed by atoms with Crippen molar-refractivity contribution in [1.29, 1.82) is 0 Å². The molecule has 112 valence electrons. The number of ether oxygens (including phenoxy) is 1. The third-order valence-electron chi connectivity index (χ3n) is 5.20. The lowest BCUT2D eigenvalue weighted by Gasteiger charge is -2.41. The number of nitrogens with one attached hydrogen (secondary N) is 1. The van der Waals surface area contributed by atoms with Crippen molar-refractivity contribution in [2.45, 2.75) is 89.7 Å². The van der Waals surface area contributed by atoms with E-state index in [-0.39, 0.29) is 5.60 Å². The molecule has 1 aliphatic heterocycles. The Bertz CT molecular complexity index is 248. The minimum atomic E-state index is 0.279. The van der Waals surface area contributed by atoms with Crippen LogP contribution in [0.5, 0.6) is 0 Å². The summed E-state index contributed by atoms with van der Waals surface area (Å²) in [7, 11) is 0. The first-order valence-corrected chi connectivity index (χ1v) is 8.67. The van der Waals surface area contributed by atoms with Gasteiger partial charge in [0.15, 0.2) is 0 Å². The van der Waals surface area contributed by atoms with Gasteiger partial charge in [-0.25, -0.2) is 0 Å². The van der Waals surface area contributed by atoms with Crippen LogP contribution >= 0.6 is 0 Å². The second-order valence-electron chi connectivity index (χ2n) is 6.65. The molecule has 2 rings (SSSR count). The van der Waals surface area contributed by atoms with Gasteiger partial charge in [-0.05, 0) is 44.6 Å². The smallest absolute Gasteiger partial charge is 0.0685 e. The Balaban J connectivity index is 1.88. The van der Waals surface area contributed by atoms with Crippen LogP contribution < -0.4 is 5.32 Å². The van der Waals surface area contributed by atoms with Gasteiger partial charge in [-0.2, -0.15) is 0 Å². The minimum Gasteiger partial charge on any atom is -0.375 e. The van der Waals surface area contributed by atoms with Crippen LogP contribution in [0.3, 0.4) is 0 Å². The highest BCUT2D eigenvalue weighted by molar-refractivity contribution is 4.94. The average Bonchev–Trinajstić information content (AvgIpc) is 2.86. The van der Waals surface area contributed by atoms with Crippen molar-refractivity contribution in [3.05, 3.63) is 0 Å². The largest absolute Gasteiger partial charge is 0.375 e. The number of rotatable bonds is 7. The van der Waals surface area contributed by atoms with E-state index < -0.39 is 0 Å². The van der Waals surface area contributed by atoms with E-state index in [1.807, 2.05) is 0 Å². The van der Waals surface area contributed by atoms with Crippen LogP contribution in [0.2, 0.25) is 0 Å². The topological polar surface area (TPSA) is 21.3 Å². The molecule has 2 fully saturated rings. The Morgan fingerprint density at radius 3 is 2.68 bits per heavy atom. The first kappa shape index (κ1) is 15.3. The Hall–Kier alpha value is -0.0800. The second kappa shape index (κ2) is 7.64. The first-order chi connectivity index (χ1) is 9.29. The molecule has 2 unspecified atom stereocenters. The van der Waals surface area contributed by atoms with Crippen molar-refractivity contribution in [2.24, 2.45) is 5.92 Å². The molecule has 0 radical (unpaired) electrons. The van der Waals surface area contributed by atoms with E-state index in [1.165, 1.54) is 64.2 Å². The Kier molecular flexibility index (Phi) is 6.15. The minimum absolute atomic E-state index is 0.279. The molecule has 1 saturated carbocycles. The normalized spacial score (nSPS) is 27.8. The van der Waals surface area contributed by atoms with Crippen LogP contribution in [-0.4, -0.2) is 24.8 Å². The summed E-state index contributed by atoms with van der Waals surface area (Å²) in [5, 5.41) is 3.76. The molecule has 1 heterocycles. The van der Waals surface area contributed by atoms with E-state index in [0.29, 0.717) is 0 Å². The Labute approximate surface area is 119 Å². The summed E-state index contributed by atoms with van der Waals surface area (Å²) >= 11 is 0. The highest BCUT2D eigenvalue weighted by Gasteiger charge is 2.41. The molecule has 1 aliphatic carbocycles. The van der Waals surface area contributed by atoms with Crippen molar-refractivity contribution in [3.63, 3.8) is 0 Å². The van der Waals surface area contributed by atoms with Gasteiger partial charge in [0.1, 0.15) is 0 Å². The van der Waals surface area contributed by atoms with Crippen molar-refractivity contribution in [1.82, 2.24) is 5.32 Å². The molecule has 0 aromatic rings. The number of hydrogen-bond donors (Lipinski definition) is 1. The predicted octanol–water partition coefficient (Wildman–Crippen LogP) is 4.28. The molecule has 1 saturated heterocycles. The highest BCUT2D eigenvalue weighted by Crippen LogP contribution is 2.43. The fourth-order valence-electron chi connectivity index (χ4n) is 4.16. The molecule has 19 heavy (non-hydrogen) atoms. The molecule has 0 aromatic carbocycles. The molecule has 2 heteroatoms. The van der Waals surface area contributed by atoms with Gasteiger partial charge in [-0.3, -0.25) is 0 Å². The van der Waals surface area contributed by atoms with E-state index in [1.54, 1.807) is 0 Å². The number of hydrogen-bond acceptors (Lipinski definition) is 2. The molecule has 2 nitrogen and oxygen atoms in total. The summed E-state index contributed by atoms with van der Waals surface area (Å²) in [5.74, 6) is 0.851. The summed E-state index contributed by atoms with van der Waals surface area (Å²) in [5.41, 5.74) is 0.279. The van der Waals surface area contributed by atoms with Crippen LogP contribution in [-0.2, 0) is 4.74 Å². The molecule has 2 atom stereocenters. The van der Waals surface area contributed by atoms with Gasteiger partial charge in [0.05, 0.1) is 5.60 Å². The number of unbranched alkanes of at least 4 members (excludes halogenated alkanes) is 2. The molecule has 1 N–H and O–H groups in total. The van der Waals surface area contributed by atoms with Gasteiger partial charge in [0.2, 0.25) is 0 Å². The zero-order valence-electron chi connectivity index (χ0n) is 13.0. The lowest BCUT2D eigenvalue weighted by Crippen LogP contribution is -2.45. The standard InChI is InChI=1S/C17H33NO/c1-3-5-6-9-16(18-4-2)15-10-13-19-17(14-15)11-7-8-12-17/h15-16,18H,3-14H2,1-2H3. The third-order valence-corrected chi connectivity index (χ3v) is 5.20. The van der Waals surface area contributed by atoms with Crippen LogP contribution in [0.1, 0.15) is 78.1 Å². The van der Waals surface area contributed by atoms with E-state index in [4.69, 9.17) is 4.74 Å². The summed E-state index contributed by atoms with van der Waals surface area (Å²) in [6.07, 6.45) is 13.5. The van der Waals surface area contributed by atoms with Crippen molar-refractivity contribution in [3.8, 4) is 0 Å². The zero-order chi connectivity index (χ0) is 13.6. The Morgan fingerprint density at radius 1 is 1.21 bits per heavy atom. The lowest BCUT2D eigenvalue weighted by molar-refractivity contribution is -0.0982.